The van der Waals surface area contributed by atoms with Gasteiger partial charge in [-0.25, -0.2) is 0 Å². The smallest absolute Gasteiger partial charge is 0.234 e. The van der Waals surface area contributed by atoms with E-state index in [4.69, 9.17) is 5.11 Å². The number of hydrogen-bond acceptors (Lipinski definition) is 2. The Morgan fingerprint density at radius 3 is 1.96 bits per heavy atom. The first-order valence-corrected chi connectivity index (χ1v) is 8.09. The van der Waals surface area contributed by atoms with Crippen molar-refractivity contribution in [2.75, 3.05) is 13.2 Å². The molecule has 1 atom stereocenters. The molecule has 0 saturated heterocycles. The minimum Gasteiger partial charge on any atom is -0.396 e. The van der Waals surface area contributed by atoms with Gasteiger partial charge in [0.1, 0.15) is 0 Å². The quantitative estimate of drug-likeness (QED) is 0.825. The number of nitrogens with one attached hydrogen (secondary N) is 1. The summed E-state index contributed by atoms with van der Waals surface area (Å²) in [5.41, 5.74) is 1.21. The van der Waals surface area contributed by atoms with Gasteiger partial charge < -0.3 is 10.4 Å². The molecule has 122 valence electrons. The molecule has 0 spiro atoms. The van der Waals surface area contributed by atoms with E-state index >= 15 is 0 Å². The van der Waals surface area contributed by atoms with Gasteiger partial charge in [-0.2, -0.15) is 0 Å². The number of hydrogen-bond donors (Lipinski definition) is 2. The van der Waals surface area contributed by atoms with Crippen molar-refractivity contribution in [3.63, 3.8) is 0 Å². The first-order chi connectivity index (χ1) is 11.1. The number of aliphatic hydroxyl groups excluding tert-OH is 1. The van der Waals surface area contributed by atoms with Gasteiger partial charge >= 0.3 is 0 Å². The number of carbonyl (C=O) groups excluding carboxylic acids is 1. The Labute approximate surface area is 138 Å². The van der Waals surface area contributed by atoms with Gasteiger partial charge in [0.05, 0.1) is 5.41 Å². The van der Waals surface area contributed by atoms with Crippen LogP contribution in [0.2, 0.25) is 0 Å². The average molecular weight is 311 g/mol. The third-order valence-corrected chi connectivity index (χ3v) is 4.39. The third-order valence-electron chi connectivity index (χ3n) is 4.39. The Kier molecular flexibility index (Phi) is 5.94. The van der Waals surface area contributed by atoms with Crippen LogP contribution in [0, 0.1) is 5.92 Å². The lowest BCUT2D eigenvalue weighted by atomic mass is 9.75. The fourth-order valence-corrected chi connectivity index (χ4v) is 2.74. The van der Waals surface area contributed by atoms with Gasteiger partial charge in [0.15, 0.2) is 0 Å². The first kappa shape index (κ1) is 17.2. The van der Waals surface area contributed by atoms with Gasteiger partial charge in [-0.1, -0.05) is 67.6 Å². The van der Waals surface area contributed by atoms with E-state index in [9.17, 15) is 4.79 Å². The molecule has 0 bridgehead atoms. The van der Waals surface area contributed by atoms with Gasteiger partial charge in [0.2, 0.25) is 5.91 Å². The molecule has 0 heterocycles. The molecule has 2 N–H and O–H groups in total. The molecule has 0 saturated carbocycles. The van der Waals surface area contributed by atoms with Crippen LogP contribution in [0.5, 0.6) is 0 Å². The highest BCUT2D eigenvalue weighted by Gasteiger charge is 2.36. The minimum absolute atomic E-state index is 0.0142. The molecule has 2 aromatic rings. The van der Waals surface area contributed by atoms with Crippen LogP contribution < -0.4 is 5.32 Å². The Morgan fingerprint density at radius 2 is 1.52 bits per heavy atom. The van der Waals surface area contributed by atoms with E-state index in [2.05, 4.69) is 5.32 Å². The third kappa shape index (κ3) is 3.99. The molecule has 0 radical (unpaired) electrons. The maximum atomic E-state index is 13.0. The second-order valence-electron chi connectivity index (χ2n) is 6.18. The zero-order valence-corrected chi connectivity index (χ0v) is 13.8. The fourth-order valence-electron chi connectivity index (χ4n) is 2.74. The van der Waals surface area contributed by atoms with Crippen LogP contribution in [-0.4, -0.2) is 24.2 Å². The standard InChI is InChI=1S/C20H25NO2/c1-16(13-14-22)15-21-19(23)20(2,17-9-5-3-6-10-17)18-11-7-4-8-12-18/h3-12,16,22H,13-15H2,1-2H3,(H,21,23). The normalized spacial score (nSPS) is 12.7. The summed E-state index contributed by atoms with van der Waals surface area (Å²) in [6.45, 7) is 4.70. The van der Waals surface area contributed by atoms with Gasteiger partial charge in [0, 0.05) is 13.2 Å². The van der Waals surface area contributed by atoms with Crippen LogP contribution in [0.3, 0.4) is 0 Å². The number of benzene rings is 2. The summed E-state index contributed by atoms with van der Waals surface area (Å²) in [4.78, 5) is 13.0. The lowest BCUT2D eigenvalue weighted by Crippen LogP contribution is -2.44. The van der Waals surface area contributed by atoms with Gasteiger partial charge in [-0.05, 0) is 30.4 Å². The van der Waals surface area contributed by atoms with Crippen LogP contribution in [0.15, 0.2) is 60.7 Å². The van der Waals surface area contributed by atoms with Crippen molar-refractivity contribution >= 4 is 5.91 Å². The molecule has 23 heavy (non-hydrogen) atoms. The van der Waals surface area contributed by atoms with E-state index in [0.717, 1.165) is 11.1 Å². The summed E-state index contributed by atoms with van der Waals surface area (Å²) in [6, 6.07) is 19.7. The summed E-state index contributed by atoms with van der Waals surface area (Å²) in [6.07, 6.45) is 0.688. The largest absolute Gasteiger partial charge is 0.396 e. The number of amides is 1. The van der Waals surface area contributed by atoms with Crippen molar-refractivity contribution in [3.8, 4) is 0 Å². The van der Waals surface area contributed by atoms with Crippen LogP contribution in [-0.2, 0) is 10.2 Å². The van der Waals surface area contributed by atoms with Gasteiger partial charge in [0.25, 0.3) is 0 Å². The highest BCUT2D eigenvalue weighted by atomic mass is 16.3. The fraction of sp³-hybridized carbons (Fsp3) is 0.350. The maximum Gasteiger partial charge on any atom is 0.234 e. The maximum absolute atomic E-state index is 13.0. The van der Waals surface area contributed by atoms with E-state index in [-0.39, 0.29) is 18.4 Å². The summed E-state index contributed by atoms with van der Waals surface area (Å²) >= 11 is 0. The van der Waals surface area contributed by atoms with Crippen molar-refractivity contribution in [2.24, 2.45) is 5.92 Å². The predicted octanol–water partition coefficient (Wildman–Crippen LogP) is 3.13. The minimum atomic E-state index is -0.735. The van der Waals surface area contributed by atoms with Crippen LogP contribution in [0.4, 0.5) is 0 Å². The summed E-state index contributed by atoms with van der Waals surface area (Å²) in [5.74, 6) is 0.236. The molecule has 2 rings (SSSR count). The molecular formula is C20H25NO2. The number of carbonyl (C=O) groups is 1. The molecule has 3 nitrogen and oxygen atoms in total. The van der Waals surface area contributed by atoms with Crippen molar-refractivity contribution in [3.05, 3.63) is 71.8 Å². The second kappa shape index (κ2) is 7.93. The number of rotatable bonds is 7. The van der Waals surface area contributed by atoms with Crippen LogP contribution in [0.1, 0.15) is 31.4 Å². The highest BCUT2D eigenvalue weighted by Crippen LogP contribution is 2.32. The Hall–Kier alpha value is -2.13. The molecule has 2 aromatic carbocycles. The van der Waals surface area contributed by atoms with E-state index in [1.807, 2.05) is 74.5 Å². The zero-order valence-electron chi connectivity index (χ0n) is 13.8. The molecule has 0 aliphatic heterocycles. The predicted molar refractivity (Wildman–Crippen MR) is 93.2 cm³/mol. The van der Waals surface area contributed by atoms with Gasteiger partial charge in [-0.15, -0.1) is 0 Å². The Morgan fingerprint density at radius 1 is 1.04 bits per heavy atom. The molecule has 0 aromatic heterocycles. The van der Waals surface area contributed by atoms with E-state index in [1.54, 1.807) is 0 Å². The van der Waals surface area contributed by atoms with E-state index in [1.165, 1.54) is 0 Å². The summed E-state index contributed by atoms with van der Waals surface area (Å²) in [7, 11) is 0. The van der Waals surface area contributed by atoms with Crippen molar-refractivity contribution in [1.29, 1.82) is 0 Å². The molecular weight excluding hydrogens is 286 g/mol. The molecule has 3 heteroatoms. The van der Waals surface area contributed by atoms with Crippen molar-refractivity contribution < 1.29 is 9.90 Å². The summed E-state index contributed by atoms with van der Waals surface area (Å²) < 4.78 is 0. The summed E-state index contributed by atoms with van der Waals surface area (Å²) in [5, 5.41) is 12.1. The Balaban J connectivity index is 2.30. The van der Waals surface area contributed by atoms with Crippen molar-refractivity contribution in [2.45, 2.75) is 25.7 Å². The van der Waals surface area contributed by atoms with Crippen molar-refractivity contribution in [1.82, 2.24) is 5.32 Å². The first-order valence-electron chi connectivity index (χ1n) is 8.09. The molecule has 0 aliphatic carbocycles. The van der Waals surface area contributed by atoms with Crippen LogP contribution in [0.25, 0.3) is 0 Å². The van der Waals surface area contributed by atoms with Crippen LogP contribution >= 0.6 is 0 Å². The van der Waals surface area contributed by atoms with E-state index < -0.39 is 5.41 Å². The zero-order chi connectivity index (χ0) is 16.7. The molecule has 0 aliphatic rings. The Bertz CT molecular complexity index is 571. The molecule has 1 amide bonds. The van der Waals surface area contributed by atoms with Gasteiger partial charge in [-0.3, -0.25) is 4.79 Å². The number of aliphatic hydroxyl groups is 1. The SMILES string of the molecule is CC(CCO)CNC(=O)C(C)(c1ccccc1)c1ccccc1. The van der Waals surface area contributed by atoms with E-state index in [0.29, 0.717) is 13.0 Å². The lowest BCUT2D eigenvalue weighted by Gasteiger charge is -2.30. The lowest BCUT2D eigenvalue weighted by molar-refractivity contribution is -0.125. The average Bonchev–Trinajstić information content (AvgIpc) is 2.60. The molecule has 1 unspecified atom stereocenters. The monoisotopic (exact) mass is 311 g/mol. The highest BCUT2D eigenvalue weighted by molar-refractivity contribution is 5.91. The second-order valence-corrected chi connectivity index (χ2v) is 6.18. The molecule has 0 fully saturated rings. The topological polar surface area (TPSA) is 49.3 Å².